The molecule has 0 aliphatic carbocycles. The summed E-state index contributed by atoms with van der Waals surface area (Å²) < 4.78 is 45.9. The third-order valence-electron chi connectivity index (χ3n) is 3.55. The minimum Gasteiger partial charge on any atom is -0.478 e. The number of anilines is 1. The summed E-state index contributed by atoms with van der Waals surface area (Å²) >= 11 is 0. The van der Waals surface area contributed by atoms with Crippen molar-refractivity contribution in [1.82, 2.24) is 4.98 Å². The van der Waals surface area contributed by atoms with Crippen LogP contribution in [0.25, 0.3) is 11.3 Å². The quantitative estimate of drug-likeness (QED) is 0.707. The van der Waals surface area contributed by atoms with Crippen LogP contribution < -0.4 is 4.72 Å². The van der Waals surface area contributed by atoms with Crippen molar-refractivity contribution in [3.8, 4) is 11.3 Å². The largest absolute Gasteiger partial charge is 0.478 e. The van der Waals surface area contributed by atoms with Crippen molar-refractivity contribution in [2.24, 2.45) is 0 Å². The number of halogens is 1. The molecule has 0 atom stereocenters. The van der Waals surface area contributed by atoms with Crippen molar-refractivity contribution >= 4 is 21.7 Å². The van der Waals surface area contributed by atoms with Gasteiger partial charge >= 0.3 is 5.97 Å². The first-order valence-corrected chi connectivity index (χ1v) is 8.83. The number of nitrogens with zero attached hydrogens (tertiary/aromatic N) is 1. The average molecular weight is 376 g/mol. The van der Waals surface area contributed by atoms with Crippen LogP contribution in [0.2, 0.25) is 0 Å². The Bertz CT molecular complexity index is 1070. The summed E-state index contributed by atoms with van der Waals surface area (Å²) in [6.07, 6.45) is 1.45. The highest BCUT2D eigenvalue weighted by atomic mass is 32.2. The summed E-state index contributed by atoms with van der Waals surface area (Å²) in [5, 5.41) is 9.09. The number of hydrogen-bond acceptors (Lipinski definition) is 5. The fourth-order valence-corrected chi connectivity index (χ4v) is 3.40. The lowest BCUT2D eigenvalue weighted by Gasteiger charge is -2.11. The first-order chi connectivity index (χ1) is 12.3. The van der Waals surface area contributed by atoms with E-state index in [-0.39, 0.29) is 10.6 Å². The van der Waals surface area contributed by atoms with Crippen molar-refractivity contribution in [1.29, 1.82) is 0 Å². The van der Waals surface area contributed by atoms with Gasteiger partial charge in [0.2, 0.25) is 0 Å². The van der Waals surface area contributed by atoms with E-state index >= 15 is 0 Å². The Kier molecular flexibility index (Phi) is 4.47. The van der Waals surface area contributed by atoms with Crippen molar-refractivity contribution < 1.29 is 27.1 Å². The van der Waals surface area contributed by atoms with E-state index in [1.54, 1.807) is 6.92 Å². The van der Waals surface area contributed by atoms with Gasteiger partial charge in [-0.2, -0.15) is 0 Å². The van der Waals surface area contributed by atoms with Crippen LogP contribution in [-0.2, 0) is 10.0 Å². The third kappa shape index (κ3) is 3.42. The minimum atomic E-state index is -4.10. The number of carboxylic acids is 1. The molecule has 1 aromatic heterocycles. The molecule has 0 fully saturated rings. The van der Waals surface area contributed by atoms with E-state index in [0.717, 1.165) is 6.07 Å². The minimum absolute atomic E-state index is 0.109. The number of benzene rings is 2. The van der Waals surface area contributed by atoms with E-state index in [2.05, 4.69) is 9.71 Å². The third-order valence-corrected chi connectivity index (χ3v) is 4.93. The molecular formula is C17H13FN2O5S. The summed E-state index contributed by atoms with van der Waals surface area (Å²) in [6, 6.07) is 9.08. The van der Waals surface area contributed by atoms with Gasteiger partial charge in [0.05, 0.1) is 10.6 Å². The summed E-state index contributed by atoms with van der Waals surface area (Å²) in [6.45, 7) is 1.69. The normalized spacial score (nSPS) is 11.3. The van der Waals surface area contributed by atoms with Gasteiger partial charge in [-0.05, 0) is 24.3 Å². The number of hydrogen-bond donors (Lipinski definition) is 2. The monoisotopic (exact) mass is 376 g/mol. The van der Waals surface area contributed by atoms with E-state index in [1.807, 2.05) is 0 Å². The van der Waals surface area contributed by atoms with E-state index in [1.165, 1.54) is 42.7 Å². The average Bonchev–Trinajstić information content (AvgIpc) is 3.01. The summed E-state index contributed by atoms with van der Waals surface area (Å²) in [4.78, 5) is 15.2. The highest BCUT2D eigenvalue weighted by Crippen LogP contribution is 2.25. The van der Waals surface area contributed by atoms with Crippen LogP contribution in [0.15, 0.2) is 58.0 Å². The van der Waals surface area contributed by atoms with Gasteiger partial charge in [0.15, 0.2) is 5.89 Å². The Balaban J connectivity index is 1.92. The number of nitrogens with one attached hydrogen (secondary N) is 1. The number of aryl methyl sites for hydroxylation is 1. The number of carboxylic acid groups (broad SMARTS) is 1. The lowest BCUT2D eigenvalue weighted by molar-refractivity contribution is 0.0693. The molecule has 0 radical (unpaired) electrons. The molecular weight excluding hydrogens is 363 g/mol. The zero-order chi connectivity index (χ0) is 18.9. The number of carbonyl (C=O) groups is 1. The molecule has 0 saturated heterocycles. The fourth-order valence-electron chi connectivity index (χ4n) is 2.33. The van der Waals surface area contributed by atoms with E-state index in [0.29, 0.717) is 17.1 Å². The highest BCUT2D eigenvalue weighted by molar-refractivity contribution is 7.92. The van der Waals surface area contributed by atoms with Crippen LogP contribution in [-0.4, -0.2) is 24.5 Å². The molecule has 0 amide bonds. The molecule has 9 heteroatoms. The molecule has 0 saturated carbocycles. The maximum absolute atomic E-state index is 13.7. The lowest BCUT2D eigenvalue weighted by atomic mass is 10.2. The van der Waals surface area contributed by atoms with Gasteiger partial charge in [-0.1, -0.05) is 18.2 Å². The molecule has 1 heterocycles. The van der Waals surface area contributed by atoms with Crippen molar-refractivity contribution in [3.05, 3.63) is 66.0 Å². The van der Waals surface area contributed by atoms with Gasteiger partial charge in [-0.15, -0.1) is 0 Å². The second-order valence-electron chi connectivity index (χ2n) is 5.35. The van der Waals surface area contributed by atoms with Crippen LogP contribution >= 0.6 is 0 Å². The Morgan fingerprint density at radius 2 is 1.88 bits per heavy atom. The van der Waals surface area contributed by atoms with Gasteiger partial charge < -0.3 is 9.52 Å². The number of aromatic carboxylic acids is 1. The molecule has 0 aliphatic heterocycles. The highest BCUT2D eigenvalue weighted by Gasteiger charge is 2.21. The van der Waals surface area contributed by atoms with Crippen LogP contribution in [0.5, 0.6) is 0 Å². The first-order valence-electron chi connectivity index (χ1n) is 7.35. The van der Waals surface area contributed by atoms with Crippen LogP contribution in [0, 0.1) is 12.7 Å². The zero-order valence-electron chi connectivity index (χ0n) is 13.4. The van der Waals surface area contributed by atoms with Crippen LogP contribution in [0.4, 0.5) is 10.1 Å². The van der Waals surface area contributed by atoms with Gasteiger partial charge in [0, 0.05) is 12.5 Å². The molecule has 26 heavy (non-hydrogen) atoms. The molecule has 7 nitrogen and oxygen atoms in total. The number of rotatable bonds is 5. The molecule has 134 valence electrons. The van der Waals surface area contributed by atoms with Crippen LogP contribution in [0.1, 0.15) is 16.2 Å². The standard InChI is InChI=1S/C17H13FN2O5S/c1-10-19-15(9-25-10)11-5-7-12(8-6-11)26(23,24)20-14-4-2-3-13(18)16(14)17(21)22/h2-9,20H,1H3,(H,21,22). The van der Waals surface area contributed by atoms with E-state index in [4.69, 9.17) is 9.52 Å². The molecule has 0 spiro atoms. The maximum atomic E-state index is 13.7. The number of aromatic nitrogens is 1. The number of oxazole rings is 1. The fraction of sp³-hybridized carbons (Fsp3) is 0.0588. The Labute approximate surface area is 148 Å². The molecule has 0 aliphatic rings. The molecule has 0 unspecified atom stereocenters. The van der Waals surface area contributed by atoms with Gasteiger partial charge in [-0.3, -0.25) is 4.72 Å². The van der Waals surface area contributed by atoms with Gasteiger partial charge in [-0.25, -0.2) is 22.6 Å². The topological polar surface area (TPSA) is 110 Å². The van der Waals surface area contributed by atoms with Gasteiger partial charge in [0.25, 0.3) is 10.0 Å². The molecule has 2 N–H and O–H groups in total. The summed E-state index contributed by atoms with van der Waals surface area (Å²) in [5.74, 6) is -2.13. The molecule has 3 aromatic rings. The SMILES string of the molecule is Cc1nc(-c2ccc(S(=O)(=O)Nc3cccc(F)c3C(=O)O)cc2)co1. The first kappa shape index (κ1) is 17.6. The molecule has 3 rings (SSSR count). The second-order valence-corrected chi connectivity index (χ2v) is 7.03. The summed E-state index contributed by atoms with van der Waals surface area (Å²) in [5.41, 5.74) is 0.106. The van der Waals surface area contributed by atoms with Crippen molar-refractivity contribution in [2.45, 2.75) is 11.8 Å². The zero-order valence-corrected chi connectivity index (χ0v) is 14.2. The molecule has 2 aromatic carbocycles. The van der Waals surface area contributed by atoms with Crippen molar-refractivity contribution in [2.75, 3.05) is 4.72 Å². The Morgan fingerprint density at radius 1 is 1.19 bits per heavy atom. The Hall–Kier alpha value is -3.20. The van der Waals surface area contributed by atoms with Crippen LogP contribution in [0.3, 0.4) is 0 Å². The number of sulfonamides is 1. The van der Waals surface area contributed by atoms with Gasteiger partial charge in [0.1, 0.15) is 23.3 Å². The van der Waals surface area contributed by atoms with Crippen molar-refractivity contribution in [3.63, 3.8) is 0 Å². The summed E-state index contributed by atoms with van der Waals surface area (Å²) in [7, 11) is -4.10. The predicted molar refractivity (Wildman–Crippen MR) is 90.8 cm³/mol. The second kappa shape index (κ2) is 6.60. The lowest BCUT2D eigenvalue weighted by Crippen LogP contribution is -2.16. The maximum Gasteiger partial charge on any atom is 0.340 e. The van der Waals surface area contributed by atoms with E-state index in [9.17, 15) is 17.6 Å². The predicted octanol–water partition coefficient (Wildman–Crippen LogP) is 3.29. The smallest absolute Gasteiger partial charge is 0.340 e. The Morgan fingerprint density at radius 3 is 2.46 bits per heavy atom. The molecule has 0 bridgehead atoms. The van der Waals surface area contributed by atoms with E-state index < -0.39 is 27.4 Å².